The van der Waals surface area contributed by atoms with Crippen LogP contribution < -0.4 is 5.32 Å². The number of carbonyl (C=O) groups excluding carboxylic acids is 1. The van der Waals surface area contributed by atoms with Crippen molar-refractivity contribution < 1.29 is 4.79 Å². The zero-order chi connectivity index (χ0) is 9.97. The molecule has 2 nitrogen and oxygen atoms in total. The Balaban J connectivity index is 2.00. The molecule has 1 heterocycles. The number of amides is 1. The summed E-state index contributed by atoms with van der Waals surface area (Å²) in [5, 5.41) is 2.80. The van der Waals surface area contributed by atoms with Crippen molar-refractivity contribution in [3.63, 3.8) is 0 Å². The molecule has 1 saturated heterocycles. The maximum absolute atomic E-state index is 10.6. The van der Waals surface area contributed by atoms with Crippen LogP contribution in [0.5, 0.6) is 0 Å². The standard InChI is InChI=1S/C12H13NO/c1-9-3-2-4-10(7-9)5-6-11-8-12(14)13-11/h2-7,11H,8H2,1H3,(H,13,14)/b6-5+. The predicted molar refractivity (Wildman–Crippen MR) is 56.8 cm³/mol. The highest BCUT2D eigenvalue weighted by Crippen LogP contribution is 2.10. The lowest BCUT2D eigenvalue weighted by atomic mass is 10.0. The fraction of sp³-hybridized carbons (Fsp3) is 0.250. The number of nitrogens with one attached hydrogen (secondary N) is 1. The quantitative estimate of drug-likeness (QED) is 0.704. The molecule has 1 amide bonds. The topological polar surface area (TPSA) is 29.1 Å². The molecular formula is C12H13NO. The van der Waals surface area contributed by atoms with E-state index in [1.807, 2.05) is 12.1 Å². The van der Waals surface area contributed by atoms with Crippen LogP contribution >= 0.6 is 0 Å². The van der Waals surface area contributed by atoms with Gasteiger partial charge >= 0.3 is 0 Å². The summed E-state index contributed by atoms with van der Waals surface area (Å²) in [6.07, 6.45) is 4.72. The summed E-state index contributed by atoms with van der Waals surface area (Å²) in [4.78, 5) is 10.6. The Morgan fingerprint density at radius 2 is 2.29 bits per heavy atom. The molecule has 1 atom stereocenters. The third-order valence-corrected chi connectivity index (χ3v) is 2.31. The van der Waals surface area contributed by atoms with E-state index in [-0.39, 0.29) is 11.9 Å². The second-order valence-electron chi connectivity index (χ2n) is 3.65. The second-order valence-corrected chi connectivity index (χ2v) is 3.65. The molecule has 2 rings (SSSR count). The molecule has 0 spiro atoms. The lowest BCUT2D eigenvalue weighted by Crippen LogP contribution is -2.46. The van der Waals surface area contributed by atoms with Crippen molar-refractivity contribution in [2.45, 2.75) is 19.4 Å². The maximum atomic E-state index is 10.6. The smallest absolute Gasteiger partial charge is 0.222 e. The SMILES string of the molecule is Cc1cccc(/C=C/C2CC(=O)N2)c1. The van der Waals surface area contributed by atoms with E-state index in [1.165, 1.54) is 11.1 Å². The van der Waals surface area contributed by atoms with Gasteiger partial charge in [0.25, 0.3) is 0 Å². The van der Waals surface area contributed by atoms with Crippen molar-refractivity contribution in [2.75, 3.05) is 0 Å². The summed E-state index contributed by atoms with van der Waals surface area (Å²) in [6.45, 7) is 2.07. The van der Waals surface area contributed by atoms with Gasteiger partial charge in [0, 0.05) is 0 Å². The van der Waals surface area contributed by atoms with Gasteiger partial charge in [-0.25, -0.2) is 0 Å². The molecule has 1 fully saturated rings. The van der Waals surface area contributed by atoms with Gasteiger partial charge in [-0.05, 0) is 12.5 Å². The van der Waals surface area contributed by atoms with Crippen molar-refractivity contribution in [1.82, 2.24) is 5.32 Å². The lowest BCUT2D eigenvalue weighted by molar-refractivity contribution is -0.127. The third kappa shape index (κ3) is 2.02. The van der Waals surface area contributed by atoms with E-state index >= 15 is 0 Å². The number of β-lactam (4-membered cyclic amide) rings is 1. The molecule has 1 N–H and O–H groups in total. The van der Waals surface area contributed by atoms with Crippen LogP contribution in [0.4, 0.5) is 0 Å². The zero-order valence-corrected chi connectivity index (χ0v) is 8.16. The van der Waals surface area contributed by atoms with Gasteiger partial charge in [-0.15, -0.1) is 0 Å². The van der Waals surface area contributed by atoms with Gasteiger partial charge in [-0.2, -0.15) is 0 Å². The fourth-order valence-electron chi connectivity index (χ4n) is 1.50. The molecule has 2 heteroatoms. The molecule has 1 aromatic rings. The average Bonchev–Trinajstić information content (AvgIpc) is 2.11. The van der Waals surface area contributed by atoms with E-state index in [0.29, 0.717) is 6.42 Å². The molecule has 0 aliphatic carbocycles. The highest BCUT2D eigenvalue weighted by molar-refractivity contribution is 5.84. The third-order valence-electron chi connectivity index (χ3n) is 2.31. The minimum Gasteiger partial charge on any atom is -0.349 e. The Morgan fingerprint density at radius 3 is 2.93 bits per heavy atom. The fourth-order valence-corrected chi connectivity index (χ4v) is 1.50. The van der Waals surface area contributed by atoms with Gasteiger partial charge in [-0.1, -0.05) is 42.0 Å². The van der Waals surface area contributed by atoms with E-state index in [9.17, 15) is 4.79 Å². The number of benzene rings is 1. The van der Waals surface area contributed by atoms with Gasteiger partial charge < -0.3 is 5.32 Å². The van der Waals surface area contributed by atoms with Gasteiger partial charge in [-0.3, -0.25) is 4.79 Å². The summed E-state index contributed by atoms with van der Waals surface area (Å²) >= 11 is 0. The molecule has 14 heavy (non-hydrogen) atoms. The normalized spacial score (nSPS) is 20.6. The molecule has 0 bridgehead atoms. The molecule has 1 aromatic carbocycles. The van der Waals surface area contributed by atoms with Crippen LogP contribution in [0.1, 0.15) is 17.5 Å². The van der Waals surface area contributed by atoms with Gasteiger partial charge in [0.15, 0.2) is 0 Å². The van der Waals surface area contributed by atoms with Crippen LogP contribution in [0.2, 0.25) is 0 Å². The van der Waals surface area contributed by atoms with Crippen molar-refractivity contribution >= 4 is 12.0 Å². The number of hydrogen-bond donors (Lipinski definition) is 1. The molecule has 1 aliphatic rings. The van der Waals surface area contributed by atoms with Crippen molar-refractivity contribution in [3.05, 3.63) is 41.5 Å². The zero-order valence-electron chi connectivity index (χ0n) is 8.16. The van der Waals surface area contributed by atoms with Crippen LogP contribution in [0, 0.1) is 6.92 Å². The summed E-state index contributed by atoms with van der Waals surface area (Å²) in [5.41, 5.74) is 2.44. The molecule has 0 aromatic heterocycles. The summed E-state index contributed by atoms with van der Waals surface area (Å²) in [6, 6.07) is 8.53. The molecular weight excluding hydrogens is 174 g/mol. The van der Waals surface area contributed by atoms with Crippen molar-refractivity contribution in [1.29, 1.82) is 0 Å². The van der Waals surface area contributed by atoms with Gasteiger partial charge in [0.2, 0.25) is 5.91 Å². The number of aryl methyl sites for hydroxylation is 1. The number of rotatable bonds is 2. The summed E-state index contributed by atoms with van der Waals surface area (Å²) < 4.78 is 0. The van der Waals surface area contributed by atoms with Crippen LogP contribution in [-0.4, -0.2) is 11.9 Å². The minimum atomic E-state index is 0.142. The van der Waals surface area contributed by atoms with E-state index in [4.69, 9.17) is 0 Å². The Bertz CT molecular complexity index is 374. The molecule has 1 aliphatic heterocycles. The molecule has 0 saturated carbocycles. The highest BCUT2D eigenvalue weighted by Gasteiger charge is 2.21. The van der Waals surface area contributed by atoms with E-state index in [2.05, 4.69) is 36.5 Å². The average molecular weight is 187 g/mol. The summed E-state index contributed by atoms with van der Waals surface area (Å²) in [5.74, 6) is 0.142. The van der Waals surface area contributed by atoms with Crippen LogP contribution in [0.15, 0.2) is 30.3 Å². The van der Waals surface area contributed by atoms with Gasteiger partial charge in [0.1, 0.15) is 0 Å². The Kier molecular flexibility index (Phi) is 2.35. The van der Waals surface area contributed by atoms with Crippen LogP contribution in [0.3, 0.4) is 0 Å². The highest BCUT2D eigenvalue weighted by atomic mass is 16.2. The Morgan fingerprint density at radius 1 is 1.50 bits per heavy atom. The first-order chi connectivity index (χ1) is 6.74. The van der Waals surface area contributed by atoms with Crippen LogP contribution in [0.25, 0.3) is 6.08 Å². The first-order valence-electron chi connectivity index (χ1n) is 4.78. The molecule has 72 valence electrons. The molecule has 1 unspecified atom stereocenters. The van der Waals surface area contributed by atoms with Crippen molar-refractivity contribution in [2.24, 2.45) is 0 Å². The number of hydrogen-bond acceptors (Lipinski definition) is 1. The van der Waals surface area contributed by atoms with Crippen molar-refractivity contribution in [3.8, 4) is 0 Å². The Hall–Kier alpha value is -1.57. The lowest BCUT2D eigenvalue weighted by Gasteiger charge is -2.23. The van der Waals surface area contributed by atoms with E-state index in [1.54, 1.807) is 0 Å². The second kappa shape index (κ2) is 3.66. The first-order valence-corrected chi connectivity index (χ1v) is 4.78. The van der Waals surface area contributed by atoms with Gasteiger partial charge in [0.05, 0.1) is 12.5 Å². The summed E-state index contributed by atoms with van der Waals surface area (Å²) in [7, 11) is 0. The predicted octanol–water partition coefficient (Wildman–Crippen LogP) is 1.90. The minimum absolute atomic E-state index is 0.142. The van der Waals surface area contributed by atoms with E-state index < -0.39 is 0 Å². The molecule has 0 radical (unpaired) electrons. The Labute approximate surface area is 83.6 Å². The van der Waals surface area contributed by atoms with E-state index in [0.717, 1.165) is 0 Å². The number of carbonyl (C=O) groups is 1. The monoisotopic (exact) mass is 187 g/mol. The van der Waals surface area contributed by atoms with Crippen LogP contribution in [-0.2, 0) is 4.79 Å². The maximum Gasteiger partial charge on any atom is 0.222 e. The largest absolute Gasteiger partial charge is 0.349 e. The first kappa shape index (κ1) is 9.00.